The Morgan fingerprint density at radius 1 is 1.15 bits per heavy atom. The lowest BCUT2D eigenvalue weighted by atomic mass is 10.1. The summed E-state index contributed by atoms with van der Waals surface area (Å²) < 4.78 is 83.7. The first kappa shape index (κ1) is 27.5. The molecule has 2 aliphatic rings. The molecule has 16 heteroatoms. The predicted molar refractivity (Wildman–Crippen MR) is 138 cm³/mol. The van der Waals surface area contributed by atoms with Crippen LogP contribution in [0.4, 0.5) is 28.9 Å². The number of nitrogens with one attached hydrogen (secondary N) is 1. The lowest BCUT2D eigenvalue weighted by molar-refractivity contribution is -0.0471. The number of likely N-dealkylation sites (N-methyl/N-ethyl adjacent to an activating group) is 1. The maximum absolute atomic E-state index is 14.9. The van der Waals surface area contributed by atoms with Crippen molar-refractivity contribution in [3.05, 3.63) is 53.2 Å². The summed E-state index contributed by atoms with van der Waals surface area (Å²) >= 11 is 0. The average molecular weight is 584 g/mol. The Bertz CT molecular complexity index is 1610. The van der Waals surface area contributed by atoms with Crippen LogP contribution in [0.5, 0.6) is 5.75 Å². The van der Waals surface area contributed by atoms with E-state index in [1.807, 2.05) is 24.9 Å². The number of aromatic nitrogens is 2. The van der Waals surface area contributed by atoms with Gasteiger partial charge in [-0.15, -0.1) is 0 Å². The Kier molecular flexibility index (Phi) is 6.97. The molecule has 1 N–H and O–H groups in total. The summed E-state index contributed by atoms with van der Waals surface area (Å²) in [6, 6.07) is 5.91. The number of carbonyl (C=O) groups excluding carboxylic acids is 1. The number of aryl methyl sites for hydroxylation is 1. The number of sulfonamides is 1. The molecule has 214 valence electrons. The molecule has 0 saturated heterocycles. The van der Waals surface area contributed by atoms with E-state index >= 15 is 0 Å². The van der Waals surface area contributed by atoms with Crippen LogP contribution in [0.3, 0.4) is 0 Å². The van der Waals surface area contributed by atoms with Gasteiger partial charge < -0.3 is 15.0 Å². The van der Waals surface area contributed by atoms with E-state index < -0.39 is 33.8 Å². The van der Waals surface area contributed by atoms with E-state index in [0.717, 1.165) is 17.2 Å². The van der Waals surface area contributed by atoms with E-state index in [-0.39, 0.29) is 23.1 Å². The topological polar surface area (TPSA) is 112 Å². The number of hydrazone groups is 1. The highest BCUT2D eigenvalue weighted by molar-refractivity contribution is 7.90. The number of nitrogens with zero attached hydrogens (tertiary/aromatic N) is 6. The first-order valence-corrected chi connectivity index (χ1v) is 13.7. The third-order valence-electron chi connectivity index (χ3n) is 6.62. The zero-order valence-electron chi connectivity index (χ0n) is 21.4. The van der Waals surface area contributed by atoms with E-state index in [9.17, 15) is 30.8 Å². The number of hydrogen-bond donors (Lipinski definition) is 1. The van der Waals surface area contributed by atoms with Gasteiger partial charge in [0, 0.05) is 19.7 Å². The standard InChI is InChI=1S/C24H25F4N7O4S/c1-3-17-22(34-13-20-19(11-21(34)31-17)32(2)8-9-39-20)23(36)29-12-15-4-5-18(16(25)10-15)35-7-6-33(14-30-35)40(37,38)24(26,27)28/h4-5,10-11,13-14H,3,6-9,12H2,1-2H3,(H,29,36). The number of anilines is 2. The number of ether oxygens (including phenoxy) is 1. The first-order chi connectivity index (χ1) is 18.9. The van der Waals surface area contributed by atoms with Gasteiger partial charge in [-0.05, 0) is 24.1 Å². The third kappa shape index (κ3) is 4.87. The van der Waals surface area contributed by atoms with Crippen molar-refractivity contribution in [2.45, 2.75) is 25.4 Å². The van der Waals surface area contributed by atoms with E-state index in [0.29, 0.717) is 47.7 Å². The van der Waals surface area contributed by atoms with Crippen molar-refractivity contribution < 1.29 is 35.5 Å². The fourth-order valence-corrected chi connectivity index (χ4v) is 5.23. The fourth-order valence-electron chi connectivity index (χ4n) is 4.48. The fraction of sp³-hybridized carbons (Fsp3) is 0.375. The number of hydrogen-bond acceptors (Lipinski definition) is 8. The van der Waals surface area contributed by atoms with Gasteiger partial charge in [-0.1, -0.05) is 13.0 Å². The van der Waals surface area contributed by atoms with Crippen molar-refractivity contribution in [2.75, 3.05) is 43.2 Å². The van der Waals surface area contributed by atoms with Crippen LogP contribution in [-0.4, -0.2) is 73.2 Å². The third-order valence-corrected chi connectivity index (χ3v) is 8.10. The molecule has 11 nitrogen and oxygen atoms in total. The van der Waals surface area contributed by atoms with Gasteiger partial charge in [-0.3, -0.25) is 14.2 Å². The summed E-state index contributed by atoms with van der Waals surface area (Å²) in [5, 5.41) is 7.51. The lowest BCUT2D eigenvalue weighted by Gasteiger charge is -2.29. The molecule has 2 aliphatic heterocycles. The quantitative estimate of drug-likeness (QED) is 0.445. The number of pyridine rings is 1. The van der Waals surface area contributed by atoms with Gasteiger partial charge in [0.25, 0.3) is 5.91 Å². The molecule has 1 amide bonds. The Morgan fingerprint density at radius 2 is 1.93 bits per heavy atom. The first-order valence-electron chi connectivity index (χ1n) is 12.3. The molecular weight excluding hydrogens is 558 g/mol. The molecule has 0 atom stereocenters. The Labute approximate surface area is 226 Å². The van der Waals surface area contributed by atoms with Crippen LogP contribution in [-0.2, 0) is 23.0 Å². The summed E-state index contributed by atoms with van der Waals surface area (Å²) in [5.74, 6) is -0.523. The van der Waals surface area contributed by atoms with E-state index in [1.54, 1.807) is 10.6 Å². The van der Waals surface area contributed by atoms with Crippen molar-refractivity contribution in [1.29, 1.82) is 0 Å². The van der Waals surface area contributed by atoms with Crippen LogP contribution in [0.1, 0.15) is 28.7 Å². The van der Waals surface area contributed by atoms with Gasteiger partial charge in [0.1, 0.15) is 30.1 Å². The molecule has 0 spiro atoms. The smallest absolute Gasteiger partial charge is 0.488 e. The Hall–Kier alpha value is -4.08. The molecule has 2 aromatic heterocycles. The zero-order valence-corrected chi connectivity index (χ0v) is 22.3. The van der Waals surface area contributed by atoms with Gasteiger partial charge in [-0.25, -0.2) is 13.7 Å². The molecule has 0 unspecified atom stereocenters. The highest BCUT2D eigenvalue weighted by atomic mass is 32.2. The van der Waals surface area contributed by atoms with Crippen molar-refractivity contribution >= 4 is 39.3 Å². The van der Waals surface area contributed by atoms with Crippen molar-refractivity contribution in [3.8, 4) is 5.75 Å². The van der Waals surface area contributed by atoms with Gasteiger partial charge in [0.05, 0.1) is 42.9 Å². The SMILES string of the molecule is CCc1nc2cc3c(cn2c1C(=O)NCc1ccc(N2CCN(S(=O)(=O)C(F)(F)F)C=N2)c(F)c1)OCCN3C. The van der Waals surface area contributed by atoms with Crippen LogP contribution >= 0.6 is 0 Å². The zero-order chi connectivity index (χ0) is 28.8. The average Bonchev–Trinajstić information content (AvgIpc) is 3.28. The summed E-state index contributed by atoms with van der Waals surface area (Å²) in [7, 11) is -3.63. The van der Waals surface area contributed by atoms with Crippen LogP contribution in [0, 0.1) is 5.82 Å². The molecule has 0 saturated carbocycles. The number of amides is 1. The van der Waals surface area contributed by atoms with Gasteiger partial charge in [0.2, 0.25) is 0 Å². The maximum atomic E-state index is 14.9. The summed E-state index contributed by atoms with van der Waals surface area (Å²) in [5.41, 5.74) is -2.70. The molecule has 1 aromatic carbocycles. The van der Waals surface area contributed by atoms with Crippen LogP contribution in [0.25, 0.3) is 5.65 Å². The highest BCUT2D eigenvalue weighted by Crippen LogP contribution is 2.33. The van der Waals surface area contributed by atoms with Gasteiger partial charge in [-0.2, -0.15) is 26.7 Å². The monoisotopic (exact) mass is 583 g/mol. The number of benzene rings is 1. The minimum absolute atomic E-state index is 0.0164. The summed E-state index contributed by atoms with van der Waals surface area (Å²) in [6.07, 6.45) is 2.74. The molecule has 3 aromatic rings. The second-order valence-corrected chi connectivity index (χ2v) is 11.0. The van der Waals surface area contributed by atoms with Crippen molar-refractivity contribution in [1.82, 2.24) is 19.0 Å². The summed E-state index contributed by atoms with van der Waals surface area (Å²) in [4.78, 5) is 19.9. The molecular formula is C24H25F4N7O4S. The molecule has 0 radical (unpaired) electrons. The van der Waals surface area contributed by atoms with Crippen LogP contribution in [0.15, 0.2) is 35.6 Å². The van der Waals surface area contributed by atoms with Gasteiger partial charge >= 0.3 is 15.5 Å². The Morgan fingerprint density at radius 3 is 2.58 bits per heavy atom. The van der Waals surface area contributed by atoms with E-state index in [2.05, 4.69) is 15.4 Å². The number of rotatable bonds is 6. The molecule has 4 heterocycles. The highest BCUT2D eigenvalue weighted by Gasteiger charge is 2.50. The molecule has 0 fully saturated rings. The summed E-state index contributed by atoms with van der Waals surface area (Å²) in [6.45, 7) is 2.26. The number of fused-ring (bicyclic) bond motifs is 2. The molecule has 0 bridgehead atoms. The Balaban J connectivity index is 1.30. The van der Waals surface area contributed by atoms with Crippen molar-refractivity contribution in [3.63, 3.8) is 0 Å². The number of alkyl halides is 3. The molecule has 0 aliphatic carbocycles. The minimum Gasteiger partial charge on any atom is -0.488 e. The largest absolute Gasteiger partial charge is 0.516 e. The number of carbonyl (C=O) groups is 1. The van der Waals surface area contributed by atoms with Crippen molar-refractivity contribution in [2.24, 2.45) is 5.10 Å². The number of halogens is 4. The normalized spacial score (nSPS) is 15.8. The predicted octanol–water partition coefficient (Wildman–Crippen LogP) is 2.71. The minimum atomic E-state index is -5.57. The number of imidazole rings is 1. The molecule has 40 heavy (non-hydrogen) atoms. The maximum Gasteiger partial charge on any atom is 0.516 e. The van der Waals surface area contributed by atoms with Gasteiger partial charge in [0.15, 0.2) is 5.75 Å². The van der Waals surface area contributed by atoms with Crippen LogP contribution < -0.4 is 20.0 Å². The lowest BCUT2D eigenvalue weighted by Crippen LogP contribution is -2.46. The second-order valence-electron chi connectivity index (χ2n) is 9.17. The molecule has 5 rings (SSSR count). The van der Waals surface area contributed by atoms with E-state index in [4.69, 9.17) is 4.74 Å². The van der Waals surface area contributed by atoms with Crippen LogP contribution in [0.2, 0.25) is 0 Å². The second kappa shape index (κ2) is 10.1. The van der Waals surface area contributed by atoms with E-state index in [1.165, 1.54) is 18.2 Å².